The second kappa shape index (κ2) is 5.44. The Labute approximate surface area is 115 Å². The van der Waals surface area contributed by atoms with Crippen molar-refractivity contribution in [3.8, 4) is 11.5 Å². The van der Waals surface area contributed by atoms with Gasteiger partial charge in [-0.05, 0) is 31.9 Å². The van der Waals surface area contributed by atoms with Crippen LogP contribution in [-0.4, -0.2) is 27.0 Å². The summed E-state index contributed by atoms with van der Waals surface area (Å²) < 4.78 is 5.50. The molecule has 0 aliphatic rings. The van der Waals surface area contributed by atoms with Gasteiger partial charge in [-0.25, -0.2) is 0 Å². The van der Waals surface area contributed by atoms with Gasteiger partial charge >= 0.3 is 5.97 Å². The van der Waals surface area contributed by atoms with Gasteiger partial charge in [0.2, 0.25) is 5.89 Å². The zero-order valence-corrected chi connectivity index (χ0v) is 11.7. The first-order valence-electron chi connectivity index (χ1n) is 5.73. The van der Waals surface area contributed by atoms with E-state index < -0.39 is 5.97 Å². The van der Waals surface area contributed by atoms with E-state index in [9.17, 15) is 4.79 Å². The SMILES string of the molecule is Cc1cc(C)c(-c2nnc(SCC(=O)O)o2)c(C)c1. The maximum absolute atomic E-state index is 10.5. The largest absolute Gasteiger partial charge is 0.481 e. The lowest BCUT2D eigenvalue weighted by Gasteiger charge is -2.06. The molecule has 1 aromatic heterocycles. The van der Waals surface area contributed by atoms with Gasteiger partial charge in [-0.1, -0.05) is 29.5 Å². The van der Waals surface area contributed by atoms with Crippen LogP contribution in [0.2, 0.25) is 0 Å². The second-order valence-corrected chi connectivity index (χ2v) is 5.26. The summed E-state index contributed by atoms with van der Waals surface area (Å²) in [5.74, 6) is -0.566. The monoisotopic (exact) mass is 278 g/mol. The van der Waals surface area contributed by atoms with Crippen molar-refractivity contribution >= 4 is 17.7 Å². The molecule has 1 heterocycles. The molecule has 0 unspecified atom stereocenters. The van der Waals surface area contributed by atoms with Crippen LogP contribution in [0.3, 0.4) is 0 Å². The number of nitrogens with zero attached hydrogens (tertiary/aromatic N) is 2. The van der Waals surface area contributed by atoms with E-state index in [1.807, 2.05) is 20.8 Å². The third-order valence-electron chi connectivity index (χ3n) is 2.62. The number of hydrogen-bond acceptors (Lipinski definition) is 5. The van der Waals surface area contributed by atoms with E-state index in [1.54, 1.807) is 0 Å². The van der Waals surface area contributed by atoms with E-state index >= 15 is 0 Å². The lowest BCUT2D eigenvalue weighted by Crippen LogP contribution is -1.97. The van der Waals surface area contributed by atoms with Gasteiger partial charge < -0.3 is 9.52 Å². The van der Waals surface area contributed by atoms with Gasteiger partial charge in [0, 0.05) is 5.56 Å². The van der Waals surface area contributed by atoms with Gasteiger partial charge in [-0.2, -0.15) is 0 Å². The average molecular weight is 278 g/mol. The Kier molecular flexibility index (Phi) is 3.90. The number of carbonyl (C=O) groups is 1. The Morgan fingerprint density at radius 3 is 2.47 bits per heavy atom. The average Bonchev–Trinajstić information content (AvgIpc) is 2.73. The molecule has 0 spiro atoms. The van der Waals surface area contributed by atoms with Crippen LogP contribution in [-0.2, 0) is 4.79 Å². The first-order chi connectivity index (χ1) is 8.97. The molecule has 0 aliphatic heterocycles. The van der Waals surface area contributed by atoms with Crippen LogP contribution in [0.25, 0.3) is 11.5 Å². The Morgan fingerprint density at radius 2 is 1.89 bits per heavy atom. The molecule has 0 amide bonds. The Bertz CT molecular complexity index is 599. The Hall–Kier alpha value is -1.82. The smallest absolute Gasteiger partial charge is 0.314 e. The highest BCUT2D eigenvalue weighted by Crippen LogP contribution is 2.29. The van der Waals surface area contributed by atoms with Crippen LogP contribution in [0, 0.1) is 20.8 Å². The van der Waals surface area contributed by atoms with E-state index in [1.165, 1.54) is 5.56 Å². The third-order valence-corrected chi connectivity index (χ3v) is 3.42. The second-order valence-electron chi connectivity index (χ2n) is 4.33. The van der Waals surface area contributed by atoms with Gasteiger partial charge in [-0.3, -0.25) is 4.79 Å². The normalized spacial score (nSPS) is 10.7. The summed E-state index contributed by atoms with van der Waals surface area (Å²) in [7, 11) is 0. The standard InChI is InChI=1S/C13H14N2O3S/c1-7-4-8(2)11(9(3)5-7)12-14-15-13(18-12)19-6-10(16)17/h4-5H,6H2,1-3H3,(H,16,17). The van der Waals surface area contributed by atoms with Crippen molar-refractivity contribution < 1.29 is 14.3 Å². The van der Waals surface area contributed by atoms with Crippen LogP contribution >= 0.6 is 11.8 Å². The molecule has 0 aliphatic carbocycles. The molecule has 1 N–H and O–H groups in total. The molecule has 1 aromatic carbocycles. The van der Waals surface area contributed by atoms with E-state index in [-0.39, 0.29) is 11.0 Å². The highest BCUT2D eigenvalue weighted by molar-refractivity contribution is 7.99. The zero-order chi connectivity index (χ0) is 14.0. The summed E-state index contributed by atoms with van der Waals surface area (Å²) in [6.45, 7) is 6.01. The quantitative estimate of drug-likeness (QED) is 0.867. The van der Waals surface area contributed by atoms with Crippen LogP contribution < -0.4 is 0 Å². The van der Waals surface area contributed by atoms with Crippen molar-refractivity contribution in [1.82, 2.24) is 10.2 Å². The van der Waals surface area contributed by atoms with Gasteiger partial charge in [0.1, 0.15) is 5.75 Å². The molecular formula is C13H14N2O3S. The molecule has 0 saturated carbocycles. The topological polar surface area (TPSA) is 76.2 Å². The summed E-state index contributed by atoms with van der Waals surface area (Å²) in [6.07, 6.45) is 0. The predicted octanol–water partition coefficient (Wildman–Crippen LogP) is 2.84. The molecule has 0 saturated heterocycles. The Balaban J connectivity index is 2.30. The van der Waals surface area contributed by atoms with Crippen molar-refractivity contribution in [3.63, 3.8) is 0 Å². The summed E-state index contributed by atoms with van der Waals surface area (Å²) in [4.78, 5) is 10.5. The maximum Gasteiger partial charge on any atom is 0.314 e. The first-order valence-corrected chi connectivity index (χ1v) is 6.72. The minimum Gasteiger partial charge on any atom is -0.481 e. The number of thioether (sulfide) groups is 1. The van der Waals surface area contributed by atoms with E-state index in [0.29, 0.717) is 5.89 Å². The van der Waals surface area contributed by atoms with Crippen molar-refractivity contribution in [2.24, 2.45) is 0 Å². The molecule has 0 bridgehead atoms. The molecule has 6 heteroatoms. The number of aryl methyl sites for hydroxylation is 3. The molecule has 2 rings (SSSR count). The van der Waals surface area contributed by atoms with Crippen LogP contribution in [0.15, 0.2) is 21.8 Å². The highest BCUT2D eigenvalue weighted by Gasteiger charge is 2.14. The predicted molar refractivity (Wildman–Crippen MR) is 72.3 cm³/mol. The molecule has 5 nitrogen and oxygen atoms in total. The number of rotatable bonds is 4. The minimum atomic E-state index is -0.910. The van der Waals surface area contributed by atoms with E-state index in [2.05, 4.69) is 22.3 Å². The van der Waals surface area contributed by atoms with Crippen molar-refractivity contribution in [2.45, 2.75) is 26.0 Å². The number of benzene rings is 1. The van der Waals surface area contributed by atoms with Gasteiger partial charge in [0.05, 0.1) is 0 Å². The van der Waals surface area contributed by atoms with E-state index in [4.69, 9.17) is 9.52 Å². The van der Waals surface area contributed by atoms with Gasteiger partial charge in [0.25, 0.3) is 5.22 Å². The summed E-state index contributed by atoms with van der Waals surface area (Å²) in [6, 6.07) is 4.10. The number of carboxylic acids is 1. The summed E-state index contributed by atoms with van der Waals surface area (Å²) in [5.41, 5.74) is 4.23. The summed E-state index contributed by atoms with van der Waals surface area (Å²) in [5, 5.41) is 16.7. The zero-order valence-electron chi connectivity index (χ0n) is 10.9. The molecule has 0 atom stereocenters. The summed E-state index contributed by atoms with van der Waals surface area (Å²) >= 11 is 1.02. The van der Waals surface area contributed by atoms with Crippen LogP contribution in [0.1, 0.15) is 16.7 Å². The van der Waals surface area contributed by atoms with Gasteiger partial charge in [-0.15, -0.1) is 10.2 Å². The number of hydrogen-bond donors (Lipinski definition) is 1. The molecule has 100 valence electrons. The molecule has 0 radical (unpaired) electrons. The molecule has 0 fully saturated rings. The fourth-order valence-corrected chi connectivity index (χ4v) is 2.49. The van der Waals surface area contributed by atoms with Crippen molar-refractivity contribution in [3.05, 3.63) is 28.8 Å². The molecule has 2 aromatic rings. The fourth-order valence-electron chi connectivity index (χ4n) is 2.01. The maximum atomic E-state index is 10.5. The molecule has 19 heavy (non-hydrogen) atoms. The highest BCUT2D eigenvalue weighted by atomic mass is 32.2. The van der Waals surface area contributed by atoms with Crippen molar-refractivity contribution in [2.75, 3.05) is 5.75 Å². The van der Waals surface area contributed by atoms with E-state index in [0.717, 1.165) is 28.5 Å². The van der Waals surface area contributed by atoms with Gasteiger partial charge in [0.15, 0.2) is 0 Å². The molecular weight excluding hydrogens is 264 g/mol. The Morgan fingerprint density at radius 1 is 1.26 bits per heavy atom. The third kappa shape index (κ3) is 3.14. The number of aliphatic carboxylic acids is 1. The minimum absolute atomic E-state index is 0.0898. The first kappa shape index (κ1) is 13.6. The lowest BCUT2D eigenvalue weighted by atomic mass is 10.00. The van der Waals surface area contributed by atoms with Crippen LogP contribution in [0.4, 0.5) is 0 Å². The fraction of sp³-hybridized carbons (Fsp3) is 0.308. The number of aromatic nitrogens is 2. The lowest BCUT2D eigenvalue weighted by molar-refractivity contribution is -0.133. The van der Waals surface area contributed by atoms with Crippen LogP contribution in [0.5, 0.6) is 0 Å². The van der Waals surface area contributed by atoms with Crippen molar-refractivity contribution in [1.29, 1.82) is 0 Å². The number of carboxylic acid groups (broad SMARTS) is 1.